The number of hydrogen-bond acceptors (Lipinski definition) is 5. The van der Waals surface area contributed by atoms with E-state index in [-0.39, 0.29) is 12.5 Å². The van der Waals surface area contributed by atoms with Crippen LogP contribution in [0.25, 0.3) is 0 Å². The lowest BCUT2D eigenvalue weighted by atomic mass is 10.0. The molecule has 3 aromatic rings. The topological polar surface area (TPSA) is 63.5 Å². The lowest BCUT2D eigenvalue weighted by molar-refractivity contribution is -0.130. The van der Waals surface area contributed by atoms with Crippen molar-refractivity contribution >= 4 is 33.8 Å². The van der Waals surface area contributed by atoms with E-state index in [9.17, 15) is 4.79 Å². The number of ether oxygens (including phenoxy) is 2. The minimum Gasteiger partial charge on any atom is -0.493 e. The molecule has 3 aromatic carbocycles. The second-order valence-electron chi connectivity index (χ2n) is 7.04. The molecule has 0 saturated carbocycles. The Hall–Kier alpha value is -3.45. The Labute approximate surface area is 196 Å². The highest BCUT2D eigenvalue weighted by atomic mass is 79.9. The molecule has 0 radical (unpaired) electrons. The van der Waals surface area contributed by atoms with Crippen LogP contribution in [-0.2, 0) is 4.79 Å². The number of methoxy groups -OCH3 is 1. The third-order valence-corrected chi connectivity index (χ3v) is 5.14. The van der Waals surface area contributed by atoms with Crippen molar-refractivity contribution in [1.82, 2.24) is 4.90 Å². The molecule has 0 N–H and O–H groups in total. The summed E-state index contributed by atoms with van der Waals surface area (Å²) in [5.41, 5.74) is 3.49. The van der Waals surface area contributed by atoms with Crippen molar-refractivity contribution in [3.63, 3.8) is 0 Å². The lowest BCUT2D eigenvalue weighted by Gasteiger charge is -2.15. The molecular weight excluding hydrogens is 470 g/mol. The predicted molar refractivity (Wildman–Crippen MR) is 131 cm³/mol. The molecule has 0 aliphatic rings. The minimum absolute atomic E-state index is 0.0861. The van der Waals surface area contributed by atoms with Crippen LogP contribution in [0.5, 0.6) is 11.5 Å². The number of hydrogen-bond donors (Lipinski definition) is 0. The van der Waals surface area contributed by atoms with E-state index >= 15 is 0 Å². The van der Waals surface area contributed by atoms with Crippen molar-refractivity contribution < 1.29 is 14.3 Å². The van der Waals surface area contributed by atoms with Crippen LogP contribution in [0.4, 0.5) is 0 Å². The van der Waals surface area contributed by atoms with Crippen LogP contribution in [0.2, 0.25) is 0 Å². The van der Waals surface area contributed by atoms with Crippen LogP contribution in [0, 0.1) is 0 Å². The van der Waals surface area contributed by atoms with Gasteiger partial charge in [0.1, 0.15) is 5.71 Å². The first-order valence-corrected chi connectivity index (χ1v) is 10.7. The van der Waals surface area contributed by atoms with Gasteiger partial charge in [-0.1, -0.05) is 60.7 Å². The second kappa shape index (κ2) is 11.2. The molecule has 6 nitrogen and oxygen atoms in total. The first-order valence-electron chi connectivity index (χ1n) is 9.92. The monoisotopic (exact) mass is 493 g/mol. The molecule has 1 amide bonds. The van der Waals surface area contributed by atoms with E-state index in [1.54, 1.807) is 33.5 Å². The summed E-state index contributed by atoms with van der Waals surface area (Å²) in [4.78, 5) is 13.3. The Balaban J connectivity index is 1.88. The summed E-state index contributed by atoms with van der Waals surface area (Å²) in [6, 6.07) is 23.4. The van der Waals surface area contributed by atoms with E-state index in [1.807, 2.05) is 66.7 Å². The Kier molecular flexibility index (Phi) is 8.16. The van der Waals surface area contributed by atoms with Gasteiger partial charge in [0, 0.05) is 25.2 Å². The second-order valence-corrected chi connectivity index (χ2v) is 7.89. The van der Waals surface area contributed by atoms with Gasteiger partial charge in [-0.3, -0.25) is 4.79 Å². The molecule has 0 spiro atoms. The third-order valence-electron chi connectivity index (χ3n) is 4.55. The molecule has 7 heteroatoms. The van der Waals surface area contributed by atoms with Gasteiger partial charge in [-0.15, -0.1) is 5.10 Å². The number of rotatable bonds is 8. The fourth-order valence-electron chi connectivity index (χ4n) is 2.84. The summed E-state index contributed by atoms with van der Waals surface area (Å²) >= 11 is 3.49. The molecule has 0 aliphatic heterocycles. The fraction of sp³-hybridized carbons (Fsp3) is 0.160. The lowest BCUT2D eigenvalue weighted by Crippen LogP contribution is -2.27. The van der Waals surface area contributed by atoms with Crippen molar-refractivity contribution in [2.24, 2.45) is 10.2 Å². The Morgan fingerprint density at radius 3 is 2.12 bits per heavy atom. The van der Waals surface area contributed by atoms with Gasteiger partial charge in [0.05, 0.1) is 17.8 Å². The quantitative estimate of drug-likeness (QED) is 0.334. The van der Waals surface area contributed by atoms with Crippen molar-refractivity contribution in [3.05, 3.63) is 94.0 Å². The van der Waals surface area contributed by atoms with Gasteiger partial charge >= 0.3 is 0 Å². The van der Waals surface area contributed by atoms with Crippen LogP contribution in [0.1, 0.15) is 16.7 Å². The van der Waals surface area contributed by atoms with Crippen molar-refractivity contribution in [1.29, 1.82) is 0 Å². The smallest absolute Gasteiger partial charge is 0.259 e. The molecule has 0 atom stereocenters. The summed E-state index contributed by atoms with van der Waals surface area (Å²) in [6.45, 7) is -0.0861. The first-order chi connectivity index (χ1) is 15.5. The van der Waals surface area contributed by atoms with Crippen molar-refractivity contribution in [2.75, 3.05) is 27.8 Å². The SMILES string of the molecule is COc1cc(C=NN=C(c2ccccc2)c2ccccc2)cc(Br)c1OCC(=O)N(C)C. The van der Waals surface area contributed by atoms with Crippen LogP contribution < -0.4 is 9.47 Å². The average Bonchev–Trinajstić information content (AvgIpc) is 2.81. The molecule has 0 aromatic heterocycles. The van der Waals surface area contributed by atoms with Gasteiger partial charge in [0.2, 0.25) is 0 Å². The van der Waals surface area contributed by atoms with Crippen molar-refractivity contribution in [3.8, 4) is 11.5 Å². The van der Waals surface area contributed by atoms with Gasteiger partial charge in [-0.2, -0.15) is 5.10 Å². The summed E-state index contributed by atoms with van der Waals surface area (Å²) in [5.74, 6) is 0.800. The largest absolute Gasteiger partial charge is 0.493 e. The molecule has 0 unspecified atom stereocenters. The van der Waals surface area contributed by atoms with Gasteiger partial charge in [0.15, 0.2) is 18.1 Å². The minimum atomic E-state index is -0.145. The molecule has 0 fully saturated rings. The fourth-order valence-corrected chi connectivity index (χ4v) is 3.42. The van der Waals surface area contributed by atoms with Crippen LogP contribution >= 0.6 is 15.9 Å². The van der Waals surface area contributed by atoms with E-state index < -0.39 is 0 Å². The normalized spacial score (nSPS) is 10.6. The van der Waals surface area contributed by atoms with Crippen LogP contribution in [0.3, 0.4) is 0 Å². The summed E-state index contributed by atoms with van der Waals surface area (Å²) < 4.78 is 11.8. The standard InChI is InChI=1S/C25H24BrN3O3/c1-29(2)23(30)17-32-25-21(26)14-18(15-22(25)31-3)16-27-28-24(19-10-6-4-7-11-19)20-12-8-5-9-13-20/h4-16H,17H2,1-3H3. The zero-order chi connectivity index (χ0) is 22.9. The van der Waals surface area contributed by atoms with Crippen LogP contribution in [-0.4, -0.2) is 50.5 Å². The molecule has 0 saturated heterocycles. The number of carbonyl (C=O) groups is 1. The Morgan fingerprint density at radius 2 is 1.59 bits per heavy atom. The zero-order valence-corrected chi connectivity index (χ0v) is 19.7. The maximum absolute atomic E-state index is 11.8. The summed E-state index contributed by atoms with van der Waals surface area (Å²) in [6.07, 6.45) is 1.65. The number of amides is 1. The maximum Gasteiger partial charge on any atom is 0.259 e. The molecule has 32 heavy (non-hydrogen) atoms. The molecule has 164 valence electrons. The van der Waals surface area contributed by atoms with Gasteiger partial charge in [-0.25, -0.2) is 0 Å². The number of likely N-dealkylation sites (N-methyl/N-ethyl adjacent to an activating group) is 1. The molecular formula is C25H24BrN3O3. The van der Waals surface area contributed by atoms with E-state index in [1.165, 1.54) is 4.90 Å². The van der Waals surface area contributed by atoms with E-state index in [0.29, 0.717) is 16.0 Å². The van der Waals surface area contributed by atoms with E-state index in [0.717, 1.165) is 22.4 Å². The first kappa shape index (κ1) is 23.2. The predicted octanol–water partition coefficient (Wildman–Crippen LogP) is 4.80. The van der Waals surface area contributed by atoms with Crippen LogP contribution in [0.15, 0.2) is 87.5 Å². The highest BCUT2D eigenvalue weighted by molar-refractivity contribution is 9.10. The molecule has 3 rings (SSSR count). The highest BCUT2D eigenvalue weighted by Crippen LogP contribution is 2.36. The molecule has 0 bridgehead atoms. The number of carbonyl (C=O) groups excluding carboxylic acids is 1. The highest BCUT2D eigenvalue weighted by Gasteiger charge is 2.14. The number of nitrogens with zero attached hydrogens (tertiary/aromatic N) is 3. The summed E-state index contributed by atoms with van der Waals surface area (Å²) in [7, 11) is 4.90. The van der Waals surface area contributed by atoms with Gasteiger partial charge in [0.25, 0.3) is 5.91 Å². The number of halogens is 1. The maximum atomic E-state index is 11.8. The van der Waals surface area contributed by atoms with Gasteiger partial charge < -0.3 is 14.4 Å². The van der Waals surface area contributed by atoms with E-state index in [2.05, 4.69) is 26.1 Å². The summed E-state index contributed by atoms with van der Waals surface area (Å²) in [5, 5.41) is 8.82. The third kappa shape index (κ3) is 6.04. The molecule has 0 heterocycles. The van der Waals surface area contributed by atoms with E-state index in [4.69, 9.17) is 9.47 Å². The Bertz CT molecular complexity index is 1070. The van der Waals surface area contributed by atoms with Crippen molar-refractivity contribution in [2.45, 2.75) is 0 Å². The Morgan fingerprint density at radius 1 is 1.00 bits per heavy atom. The number of benzene rings is 3. The van der Waals surface area contributed by atoms with Gasteiger partial charge in [-0.05, 0) is 33.6 Å². The average molecular weight is 494 g/mol. The zero-order valence-electron chi connectivity index (χ0n) is 18.2. The molecule has 0 aliphatic carbocycles.